The van der Waals surface area contributed by atoms with E-state index in [4.69, 9.17) is 0 Å². The van der Waals surface area contributed by atoms with Crippen molar-refractivity contribution >= 4 is 6.29 Å². The Bertz CT molecular complexity index is 380. The van der Waals surface area contributed by atoms with Gasteiger partial charge in [-0.1, -0.05) is 30.3 Å². The summed E-state index contributed by atoms with van der Waals surface area (Å²) in [7, 11) is 0. The molecule has 0 radical (unpaired) electrons. The van der Waals surface area contributed by atoms with E-state index in [9.17, 15) is 4.79 Å². The Labute approximate surface area is 115 Å². The van der Waals surface area contributed by atoms with Crippen LogP contribution in [0, 0.1) is 5.92 Å². The fraction of sp³-hybridized carbons (Fsp3) is 0.562. The van der Waals surface area contributed by atoms with Crippen molar-refractivity contribution in [2.24, 2.45) is 5.92 Å². The largest absolute Gasteiger partial charge is 0.315 e. The summed E-state index contributed by atoms with van der Waals surface area (Å²) >= 11 is 0. The Balaban J connectivity index is 1.93. The van der Waals surface area contributed by atoms with Crippen molar-refractivity contribution in [1.82, 2.24) is 10.6 Å². The molecule has 0 bridgehead atoms. The average Bonchev–Trinajstić information content (AvgIpc) is 2.47. The minimum Gasteiger partial charge on any atom is -0.315 e. The van der Waals surface area contributed by atoms with Crippen molar-refractivity contribution in [3.8, 4) is 0 Å². The summed E-state index contributed by atoms with van der Waals surface area (Å²) in [5.74, 6) is 0.609. The number of piperidine rings is 1. The molecular weight excluding hydrogens is 236 g/mol. The topological polar surface area (TPSA) is 41.1 Å². The Morgan fingerprint density at radius 2 is 2.21 bits per heavy atom. The van der Waals surface area contributed by atoms with Gasteiger partial charge < -0.3 is 15.4 Å². The molecule has 3 nitrogen and oxygen atoms in total. The highest BCUT2D eigenvalue weighted by Crippen LogP contribution is 2.21. The van der Waals surface area contributed by atoms with Gasteiger partial charge in [-0.2, -0.15) is 0 Å². The molecule has 0 amide bonds. The Kier molecular flexibility index (Phi) is 5.55. The van der Waals surface area contributed by atoms with Gasteiger partial charge in [-0.05, 0) is 37.8 Å². The van der Waals surface area contributed by atoms with Crippen LogP contribution < -0.4 is 10.6 Å². The smallest absolute Gasteiger partial charge is 0.120 e. The molecule has 1 aliphatic heterocycles. The lowest BCUT2D eigenvalue weighted by Gasteiger charge is -2.35. The summed E-state index contributed by atoms with van der Waals surface area (Å²) in [5, 5.41) is 7.16. The van der Waals surface area contributed by atoms with Gasteiger partial charge in [0.1, 0.15) is 6.29 Å². The van der Waals surface area contributed by atoms with Crippen LogP contribution in [0.1, 0.15) is 37.8 Å². The van der Waals surface area contributed by atoms with E-state index in [-0.39, 0.29) is 0 Å². The van der Waals surface area contributed by atoms with E-state index in [0.717, 1.165) is 32.2 Å². The molecule has 0 spiro atoms. The molecule has 0 aliphatic carbocycles. The van der Waals surface area contributed by atoms with Crippen LogP contribution in [-0.4, -0.2) is 25.4 Å². The van der Waals surface area contributed by atoms with Gasteiger partial charge in [-0.25, -0.2) is 0 Å². The third-order valence-corrected chi connectivity index (χ3v) is 4.04. The van der Waals surface area contributed by atoms with E-state index < -0.39 is 0 Å². The van der Waals surface area contributed by atoms with Crippen molar-refractivity contribution in [3.63, 3.8) is 0 Å². The molecule has 3 atom stereocenters. The van der Waals surface area contributed by atoms with E-state index in [1.807, 2.05) is 6.07 Å². The number of carbonyl (C=O) groups excluding carboxylic acids is 1. The summed E-state index contributed by atoms with van der Waals surface area (Å²) in [6.07, 6.45) is 3.89. The molecule has 1 fully saturated rings. The summed E-state index contributed by atoms with van der Waals surface area (Å²) in [6, 6.07) is 11.3. The normalized spacial score (nSPS) is 24.9. The third-order valence-electron chi connectivity index (χ3n) is 4.04. The van der Waals surface area contributed by atoms with E-state index >= 15 is 0 Å². The van der Waals surface area contributed by atoms with Crippen LogP contribution >= 0.6 is 0 Å². The second-order valence-corrected chi connectivity index (χ2v) is 5.40. The third kappa shape index (κ3) is 4.15. The standard InChI is InChI=1S/C16H24N2O/c1-13(14-6-3-2-4-7-14)18-16-12-17-10-9-15(16)8-5-11-19/h2-4,6-7,11,13,15-18H,5,8-10,12H2,1H3/t13-,15?,16-/m0/s1. The maximum absolute atomic E-state index is 10.6. The number of aldehydes is 1. The predicted molar refractivity (Wildman–Crippen MR) is 78.1 cm³/mol. The summed E-state index contributed by atoms with van der Waals surface area (Å²) < 4.78 is 0. The molecule has 2 rings (SSSR count). The highest BCUT2D eigenvalue weighted by molar-refractivity contribution is 5.49. The van der Waals surface area contributed by atoms with Crippen molar-refractivity contribution in [2.75, 3.05) is 13.1 Å². The highest BCUT2D eigenvalue weighted by Gasteiger charge is 2.25. The first-order chi connectivity index (χ1) is 9.31. The van der Waals surface area contributed by atoms with Crippen LogP contribution in [0.25, 0.3) is 0 Å². The zero-order chi connectivity index (χ0) is 13.5. The number of rotatable bonds is 6. The van der Waals surface area contributed by atoms with E-state index in [0.29, 0.717) is 24.4 Å². The average molecular weight is 260 g/mol. The van der Waals surface area contributed by atoms with Gasteiger partial charge in [0, 0.05) is 25.0 Å². The fourth-order valence-corrected chi connectivity index (χ4v) is 2.89. The highest BCUT2D eigenvalue weighted by atomic mass is 16.1. The Morgan fingerprint density at radius 1 is 1.42 bits per heavy atom. The lowest BCUT2D eigenvalue weighted by Crippen LogP contribution is -2.49. The second kappa shape index (κ2) is 7.41. The Morgan fingerprint density at radius 3 is 2.95 bits per heavy atom. The van der Waals surface area contributed by atoms with Crippen molar-refractivity contribution in [3.05, 3.63) is 35.9 Å². The van der Waals surface area contributed by atoms with Crippen LogP contribution in [0.15, 0.2) is 30.3 Å². The molecule has 104 valence electrons. The second-order valence-electron chi connectivity index (χ2n) is 5.40. The van der Waals surface area contributed by atoms with Crippen LogP contribution in [0.3, 0.4) is 0 Å². The van der Waals surface area contributed by atoms with Crippen molar-refractivity contribution < 1.29 is 4.79 Å². The van der Waals surface area contributed by atoms with Gasteiger partial charge in [0.2, 0.25) is 0 Å². The van der Waals surface area contributed by atoms with Gasteiger partial charge in [-0.15, -0.1) is 0 Å². The molecule has 1 aliphatic rings. The predicted octanol–water partition coefficient (Wildman–Crippen LogP) is 2.29. The minimum atomic E-state index is 0.352. The Hall–Kier alpha value is -1.19. The van der Waals surface area contributed by atoms with E-state index in [1.165, 1.54) is 5.56 Å². The monoisotopic (exact) mass is 260 g/mol. The van der Waals surface area contributed by atoms with Gasteiger partial charge in [0.15, 0.2) is 0 Å². The maximum atomic E-state index is 10.6. The molecule has 2 N–H and O–H groups in total. The number of benzene rings is 1. The van der Waals surface area contributed by atoms with Crippen molar-refractivity contribution in [2.45, 2.75) is 38.3 Å². The first-order valence-electron chi connectivity index (χ1n) is 7.26. The zero-order valence-corrected chi connectivity index (χ0v) is 11.6. The van der Waals surface area contributed by atoms with E-state index in [1.54, 1.807) is 0 Å². The summed E-state index contributed by atoms with van der Waals surface area (Å²) in [5.41, 5.74) is 1.32. The van der Waals surface area contributed by atoms with Gasteiger partial charge in [0.05, 0.1) is 0 Å². The number of hydrogen-bond acceptors (Lipinski definition) is 3. The van der Waals surface area contributed by atoms with Crippen LogP contribution in [0.2, 0.25) is 0 Å². The molecule has 1 heterocycles. The fourth-order valence-electron chi connectivity index (χ4n) is 2.89. The zero-order valence-electron chi connectivity index (χ0n) is 11.6. The molecule has 0 saturated carbocycles. The molecule has 1 aromatic rings. The molecule has 1 aromatic carbocycles. The molecular formula is C16H24N2O. The van der Waals surface area contributed by atoms with Crippen molar-refractivity contribution in [1.29, 1.82) is 0 Å². The summed E-state index contributed by atoms with van der Waals surface area (Å²) in [4.78, 5) is 10.6. The van der Waals surface area contributed by atoms with Crippen LogP contribution in [0.5, 0.6) is 0 Å². The van der Waals surface area contributed by atoms with Crippen LogP contribution in [-0.2, 0) is 4.79 Å². The quantitative estimate of drug-likeness (QED) is 0.771. The first-order valence-corrected chi connectivity index (χ1v) is 7.26. The van der Waals surface area contributed by atoms with Crippen LogP contribution in [0.4, 0.5) is 0 Å². The lowest BCUT2D eigenvalue weighted by atomic mass is 9.88. The van der Waals surface area contributed by atoms with Gasteiger partial charge >= 0.3 is 0 Å². The first kappa shape index (κ1) is 14.2. The number of carbonyl (C=O) groups is 1. The molecule has 3 heteroatoms. The number of nitrogens with one attached hydrogen (secondary N) is 2. The molecule has 0 aromatic heterocycles. The molecule has 1 saturated heterocycles. The molecule has 1 unspecified atom stereocenters. The maximum Gasteiger partial charge on any atom is 0.120 e. The minimum absolute atomic E-state index is 0.352. The van der Waals surface area contributed by atoms with Gasteiger partial charge in [0.25, 0.3) is 0 Å². The van der Waals surface area contributed by atoms with E-state index in [2.05, 4.69) is 41.8 Å². The molecule has 19 heavy (non-hydrogen) atoms. The van der Waals surface area contributed by atoms with Gasteiger partial charge in [-0.3, -0.25) is 0 Å². The SMILES string of the molecule is C[C@H](N[C@H]1CNCCC1CCC=O)c1ccccc1. The number of hydrogen-bond donors (Lipinski definition) is 2. The lowest BCUT2D eigenvalue weighted by molar-refractivity contribution is -0.108. The summed E-state index contributed by atoms with van der Waals surface area (Å²) in [6.45, 7) is 4.28.